The third-order valence-electron chi connectivity index (χ3n) is 2.89. The quantitative estimate of drug-likeness (QED) is 0.913. The Bertz CT molecular complexity index is 490. The molecule has 0 aromatic heterocycles. The Morgan fingerprint density at radius 1 is 1.56 bits per heavy atom. The van der Waals surface area contributed by atoms with Gasteiger partial charge in [-0.1, -0.05) is 0 Å². The highest BCUT2D eigenvalue weighted by Crippen LogP contribution is 2.25. The Kier molecular flexibility index (Phi) is 4.34. The fraction of sp³-hybridized carbons (Fsp3) is 0.385. The molecule has 1 N–H and O–H groups in total. The summed E-state index contributed by atoms with van der Waals surface area (Å²) in [5, 5.41) is 11.6. The first-order chi connectivity index (χ1) is 8.70. The smallest absolute Gasteiger partial charge is 0.229 e. The number of rotatable bonds is 2. The number of ether oxygens (including phenoxy) is 1. The van der Waals surface area contributed by atoms with Crippen LogP contribution in [-0.4, -0.2) is 19.1 Å². The van der Waals surface area contributed by atoms with Crippen molar-refractivity contribution < 1.29 is 9.53 Å². The van der Waals surface area contributed by atoms with Crippen molar-refractivity contribution >= 4 is 27.5 Å². The van der Waals surface area contributed by atoms with E-state index in [1.807, 2.05) is 6.07 Å². The van der Waals surface area contributed by atoms with Crippen molar-refractivity contribution in [1.29, 1.82) is 5.26 Å². The molecule has 1 fully saturated rings. The highest BCUT2D eigenvalue weighted by Gasteiger charge is 2.22. The number of hydrogen-bond acceptors (Lipinski definition) is 3. The normalized spacial score (nSPS) is 19.0. The van der Waals surface area contributed by atoms with Crippen LogP contribution in [0.4, 0.5) is 5.69 Å². The van der Waals surface area contributed by atoms with E-state index in [4.69, 9.17) is 10.00 Å². The van der Waals surface area contributed by atoms with E-state index in [2.05, 4.69) is 21.2 Å². The average Bonchev–Trinajstić information content (AvgIpc) is 2.42. The number of carbonyl (C=O) groups excluding carboxylic acids is 1. The summed E-state index contributed by atoms with van der Waals surface area (Å²) in [5.74, 6) is -0.110. The van der Waals surface area contributed by atoms with Crippen molar-refractivity contribution in [3.8, 4) is 6.07 Å². The topological polar surface area (TPSA) is 62.1 Å². The van der Waals surface area contributed by atoms with Crippen LogP contribution in [0.15, 0.2) is 22.7 Å². The summed E-state index contributed by atoms with van der Waals surface area (Å²) in [7, 11) is 0. The van der Waals surface area contributed by atoms with Crippen LogP contribution < -0.4 is 5.32 Å². The van der Waals surface area contributed by atoms with E-state index >= 15 is 0 Å². The van der Waals surface area contributed by atoms with Gasteiger partial charge >= 0.3 is 0 Å². The average molecular weight is 309 g/mol. The highest BCUT2D eigenvalue weighted by atomic mass is 79.9. The van der Waals surface area contributed by atoms with Crippen LogP contribution in [0.3, 0.4) is 0 Å². The second-order valence-electron chi connectivity index (χ2n) is 4.21. The van der Waals surface area contributed by atoms with E-state index in [1.54, 1.807) is 18.2 Å². The summed E-state index contributed by atoms with van der Waals surface area (Å²) < 4.78 is 6.01. The number of halogens is 1. The maximum atomic E-state index is 12.0. The fourth-order valence-electron chi connectivity index (χ4n) is 1.87. The first-order valence-electron chi connectivity index (χ1n) is 5.79. The van der Waals surface area contributed by atoms with Gasteiger partial charge in [0.1, 0.15) is 0 Å². The summed E-state index contributed by atoms with van der Waals surface area (Å²) in [6.07, 6.45) is 1.78. The summed E-state index contributed by atoms with van der Waals surface area (Å²) in [6.45, 7) is 1.23. The van der Waals surface area contributed by atoms with E-state index in [0.717, 1.165) is 19.4 Å². The zero-order valence-electron chi connectivity index (χ0n) is 9.78. The van der Waals surface area contributed by atoms with E-state index in [9.17, 15) is 4.79 Å². The van der Waals surface area contributed by atoms with Gasteiger partial charge in [-0.25, -0.2) is 0 Å². The Morgan fingerprint density at radius 2 is 2.39 bits per heavy atom. The fourth-order valence-corrected chi connectivity index (χ4v) is 2.35. The number of hydrogen-bond donors (Lipinski definition) is 1. The van der Waals surface area contributed by atoms with Crippen molar-refractivity contribution in [2.75, 3.05) is 18.5 Å². The number of amides is 1. The highest BCUT2D eigenvalue weighted by molar-refractivity contribution is 9.10. The molecule has 18 heavy (non-hydrogen) atoms. The molecule has 5 heteroatoms. The molecule has 0 aliphatic carbocycles. The van der Waals surface area contributed by atoms with Gasteiger partial charge in [-0.15, -0.1) is 0 Å². The standard InChI is InChI=1S/C13H13BrN2O2/c14-11-6-9(7-15)3-4-12(11)16-13(17)10-2-1-5-18-8-10/h3-4,6,10H,1-2,5,8H2,(H,16,17). The largest absolute Gasteiger partial charge is 0.381 e. The van der Waals surface area contributed by atoms with Crippen LogP contribution in [0.5, 0.6) is 0 Å². The van der Waals surface area contributed by atoms with Gasteiger partial charge in [0.2, 0.25) is 5.91 Å². The van der Waals surface area contributed by atoms with Crippen LogP contribution in [0, 0.1) is 17.2 Å². The second kappa shape index (κ2) is 5.98. The molecule has 1 saturated heterocycles. The molecule has 94 valence electrons. The molecule has 1 aliphatic heterocycles. The first kappa shape index (κ1) is 13.1. The lowest BCUT2D eigenvalue weighted by molar-refractivity contribution is -0.123. The van der Waals surface area contributed by atoms with Crippen molar-refractivity contribution in [1.82, 2.24) is 0 Å². The van der Waals surface area contributed by atoms with Gasteiger partial charge in [-0.2, -0.15) is 5.26 Å². The molecule has 0 radical (unpaired) electrons. The van der Waals surface area contributed by atoms with Crippen LogP contribution in [0.25, 0.3) is 0 Å². The number of nitriles is 1. The number of benzene rings is 1. The van der Waals surface area contributed by atoms with Gasteiger partial charge in [0.15, 0.2) is 0 Å². The van der Waals surface area contributed by atoms with Gasteiger partial charge in [0.25, 0.3) is 0 Å². The number of anilines is 1. The molecule has 1 amide bonds. The maximum Gasteiger partial charge on any atom is 0.229 e. The Balaban J connectivity index is 2.04. The molecule has 0 saturated carbocycles. The van der Waals surface area contributed by atoms with Crippen LogP contribution in [0.1, 0.15) is 18.4 Å². The minimum absolute atomic E-state index is 0.0277. The molecule has 1 aromatic carbocycles. The minimum Gasteiger partial charge on any atom is -0.381 e. The Morgan fingerprint density at radius 3 is 3.00 bits per heavy atom. The van der Waals surface area contributed by atoms with Gasteiger partial charge in [0, 0.05) is 11.1 Å². The molecule has 0 bridgehead atoms. The SMILES string of the molecule is N#Cc1ccc(NC(=O)C2CCCOC2)c(Br)c1. The monoisotopic (exact) mass is 308 g/mol. The molecule has 1 aromatic rings. The van der Waals surface area contributed by atoms with Crippen LogP contribution in [-0.2, 0) is 9.53 Å². The predicted octanol–water partition coefficient (Wildman–Crippen LogP) is 2.69. The zero-order valence-corrected chi connectivity index (χ0v) is 11.4. The molecular formula is C13H13BrN2O2. The molecule has 2 rings (SSSR count). The zero-order chi connectivity index (χ0) is 13.0. The second-order valence-corrected chi connectivity index (χ2v) is 5.06. The number of nitrogens with zero attached hydrogens (tertiary/aromatic N) is 1. The van der Waals surface area contributed by atoms with Gasteiger partial charge in [-0.3, -0.25) is 4.79 Å². The Hall–Kier alpha value is -1.38. The maximum absolute atomic E-state index is 12.0. The van der Waals surface area contributed by atoms with Crippen molar-refractivity contribution in [3.63, 3.8) is 0 Å². The molecule has 1 heterocycles. The third kappa shape index (κ3) is 3.09. The predicted molar refractivity (Wildman–Crippen MR) is 71.0 cm³/mol. The minimum atomic E-state index is -0.0821. The first-order valence-corrected chi connectivity index (χ1v) is 6.58. The summed E-state index contributed by atoms with van der Waals surface area (Å²) in [4.78, 5) is 12.0. The molecule has 1 aliphatic rings. The molecule has 1 atom stereocenters. The van der Waals surface area contributed by atoms with Gasteiger partial charge in [0.05, 0.1) is 29.8 Å². The van der Waals surface area contributed by atoms with Crippen LogP contribution >= 0.6 is 15.9 Å². The van der Waals surface area contributed by atoms with Crippen molar-refractivity contribution in [2.24, 2.45) is 5.92 Å². The molecule has 4 nitrogen and oxygen atoms in total. The van der Waals surface area contributed by atoms with E-state index in [-0.39, 0.29) is 11.8 Å². The lowest BCUT2D eigenvalue weighted by Gasteiger charge is -2.21. The summed E-state index contributed by atoms with van der Waals surface area (Å²) in [5.41, 5.74) is 1.24. The summed E-state index contributed by atoms with van der Waals surface area (Å²) in [6, 6.07) is 7.14. The summed E-state index contributed by atoms with van der Waals surface area (Å²) >= 11 is 3.34. The van der Waals surface area contributed by atoms with E-state index in [1.165, 1.54) is 0 Å². The third-order valence-corrected chi connectivity index (χ3v) is 3.54. The van der Waals surface area contributed by atoms with Crippen LogP contribution in [0.2, 0.25) is 0 Å². The van der Waals surface area contributed by atoms with Gasteiger partial charge in [-0.05, 0) is 47.0 Å². The number of nitrogens with one attached hydrogen (secondary N) is 1. The van der Waals surface area contributed by atoms with E-state index in [0.29, 0.717) is 22.3 Å². The number of carbonyl (C=O) groups is 1. The lowest BCUT2D eigenvalue weighted by atomic mass is 10.0. The lowest BCUT2D eigenvalue weighted by Crippen LogP contribution is -2.30. The van der Waals surface area contributed by atoms with Crippen molar-refractivity contribution in [3.05, 3.63) is 28.2 Å². The van der Waals surface area contributed by atoms with Gasteiger partial charge < -0.3 is 10.1 Å². The van der Waals surface area contributed by atoms with Crippen molar-refractivity contribution in [2.45, 2.75) is 12.8 Å². The van der Waals surface area contributed by atoms with E-state index < -0.39 is 0 Å². The molecule has 1 unspecified atom stereocenters. The Labute approximate surface area is 114 Å². The molecule has 0 spiro atoms. The molecular weight excluding hydrogens is 296 g/mol.